The fraction of sp³-hybridized carbons (Fsp3) is 0.300. The minimum atomic E-state index is -0.112. The summed E-state index contributed by atoms with van der Waals surface area (Å²) in [5.41, 5.74) is 2.42. The first-order valence-electron chi connectivity index (χ1n) is 8.76. The minimum absolute atomic E-state index is 0.00747. The molecule has 0 atom stereocenters. The highest BCUT2D eigenvalue weighted by Gasteiger charge is 2.26. The number of ether oxygens (including phenoxy) is 1. The molecule has 2 amide bonds. The van der Waals surface area contributed by atoms with Crippen LogP contribution < -0.4 is 14.5 Å². The largest absolute Gasteiger partial charge is 0.482 e. The van der Waals surface area contributed by atoms with Crippen LogP contribution in [0.4, 0.5) is 11.4 Å². The molecular formula is C20H21N3O3. The quantitative estimate of drug-likeness (QED) is 0.831. The van der Waals surface area contributed by atoms with Crippen molar-refractivity contribution in [2.75, 3.05) is 49.6 Å². The lowest BCUT2D eigenvalue weighted by Gasteiger charge is -2.36. The summed E-state index contributed by atoms with van der Waals surface area (Å²) >= 11 is 0. The number of carbonyl (C=O) groups excluding carboxylic acids is 2. The molecule has 2 aromatic carbocycles. The first-order chi connectivity index (χ1) is 12.6. The standard InChI is InChI=1S/C20H21N3O3/c1-21-17-13-15(7-8-18(17)26-14-19(21)24)20(25)23-11-9-22(10-12-23)16-5-3-2-4-6-16/h2-8,13H,9-12,14H2,1H3. The van der Waals surface area contributed by atoms with Gasteiger partial charge in [0.15, 0.2) is 6.61 Å². The lowest BCUT2D eigenvalue weighted by Crippen LogP contribution is -2.48. The van der Waals surface area contributed by atoms with E-state index >= 15 is 0 Å². The topological polar surface area (TPSA) is 53.1 Å². The molecule has 1 saturated heterocycles. The molecule has 0 bridgehead atoms. The van der Waals surface area contributed by atoms with Crippen molar-refractivity contribution in [1.29, 1.82) is 0 Å². The molecule has 134 valence electrons. The van der Waals surface area contributed by atoms with E-state index in [-0.39, 0.29) is 18.4 Å². The molecule has 0 aromatic heterocycles. The maximum Gasteiger partial charge on any atom is 0.264 e. The van der Waals surface area contributed by atoms with Crippen molar-refractivity contribution in [1.82, 2.24) is 4.90 Å². The summed E-state index contributed by atoms with van der Waals surface area (Å²) in [6.45, 7) is 3.01. The van der Waals surface area contributed by atoms with Gasteiger partial charge in [0.1, 0.15) is 5.75 Å². The Morgan fingerprint density at radius 2 is 1.73 bits per heavy atom. The van der Waals surface area contributed by atoms with E-state index in [0.717, 1.165) is 13.1 Å². The molecule has 2 aromatic rings. The molecule has 0 radical (unpaired) electrons. The van der Waals surface area contributed by atoms with E-state index < -0.39 is 0 Å². The second kappa shape index (κ2) is 6.71. The first-order valence-corrected chi connectivity index (χ1v) is 8.76. The summed E-state index contributed by atoms with van der Waals surface area (Å²) in [4.78, 5) is 30.4. The van der Waals surface area contributed by atoms with Crippen LogP contribution in [0.1, 0.15) is 10.4 Å². The summed E-state index contributed by atoms with van der Waals surface area (Å²) in [6, 6.07) is 15.5. The maximum absolute atomic E-state index is 12.9. The lowest BCUT2D eigenvalue weighted by molar-refractivity contribution is -0.120. The van der Waals surface area contributed by atoms with E-state index in [2.05, 4.69) is 17.0 Å². The van der Waals surface area contributed by atoms with Gasteiger partial charge in [0, 0.05) is 44.5 Å². The van der Waals surface area contributed by atoms with Crippen LogP contribution in [-0.4, -0.2) is 56.5 Å². The Morgan fingerprint density at radius 3 is 2.46 bits per heavy atom. The number of nitrogens with zero attached hydrogens (tertiary/aromatic N) is 3. The molecule has 2 aliphatic heterocycles. The highest BCUT2D eigenvalue weighted by Crippen LogP contribution is 2.32. The zero-order valence-corrected chi connectivity index (χ0v) is 14.7. The molecule has 0 aliphatic carbocycles. The molecule has 0 unspecified atom stereocenters. The van der Waals surface area contributed by atoms with Crippen LogP contribution in [-0.2, 0) is 4.79 Å². The van der Waals surface area contributed by atoms with Crippen molar-refractivity contribution >= 4 is 23.2 Å². The van der Waals surface area contributed by atoms with Crippen LogP contribution >= 0.6 is 0 Å². The minimum Gasteiger partial charge on any atom is -0.482 e. The molecule has 6 heteroatoms. The Morgan fingerprint density at radius 1 is 1.00 bits per heavy atom. The molecule has 2 aliphatic rings. The normalized spacial score (nSPS) is 17.0. The number of carbonyl (C=O) groups is 2. The lowest BCUT2D eigenvalue weighted by atomic mass is 10.1. The number of amides is 2. The van der Waals surface area contributed by atoms with E-state index in [4.69, 9.17) is 4.74 Å². The SMILES string of the molecule is CN1C(=O)COc2ccc(C(=O)N3CCN(c4ccccc4)CC3)cc21. The number of piperazine rings is 1. The number of rotatable bonds is 2. The van der Waals surface area contributed by atoms with E-state index in [9.17, 15) is 9.59 Å². The number of benzene rings is 2. The van der Waals surface area contributed by atoms with Gasteiger partial charge < -0.3 is 19.4 Å². The number of anilines is 2. The fourth-order valence-electron chi connectivity index (χ4n) is 3.39. The van der Waals surface area contributed by atoms with Crippen LogP contribution in [0.5, 0.6) is 5.75 Å². The highest BCUT2D eigenvalue weighted by atomic mass is 16.5. The second-order valence-electron chi connectivity index (χ2n) is 6.54. The first kappa shape index (κ1) is 16.4. The van der Waals surface area contributed by atoms with Crippen molar-refractivity contribution in [3.05, 3.63) is 54.1 Å². The Kier molecular flexibility index (Phi) is 4.24. The van der Waals surface area contributed by atoms with Crippen LogP contribution in [0.15, 0.2) is 48.5 Å². The van der Waals surface area contributed by atoms with Crippen molar-refractivity contribution in [2.24, 2.45) is 0 Å². The smallest absolute Gasteiger partial charge is 0.264 e. The summed E-state index contributed by atoms with van der Waals surface area (Å²) in [6.07, 6.45) is 0. The Hall–Kier alpha value is -3.02. The number of fused-ring (bicyclic) bond motifs is 1. The summed E-state index contributed by atoms with van der Waals surface area (Å²) in [5.74, 6) is 0.517. The van der Waals surface area contributed by atoms with E-state index in [1.165, 1.54) is 5.69 Å². The average molecular weight is 351 g/mol. The van der Waals surface area contributed by atoms with Crippen LogP contribution in [0, 0.1) is 0 Å². The average Bonchev–Trinajstić information content (AvgIpc) is 2.71. The van der Waals surface area contributed by atoms with Crippen molar-refractivity contribution in [3.8, 4) is 5.75 Å². The van der Waals surface area contributed by atoms with Crippen molar-refractivity contribution in [3.63, 3.8) is 0 Å². The predicted octanol–water partition coefficient (Wildman–Crippen LogP) is 2.00. The van der Waals surface area contributed by atoms with Gasteiger partial charge in [0.05, 0.1) is 5.69 Å². The second-order valence-corrected chi connectivity index (χ2v) is 6.54. The van der Waals surface area contributed by atoms with Crippen molar-refractivity contribution in [2.45, 2.75) is 0 Å². The Balaban J connectivity index is 1.47. The van der Waals surface area contributed by atoms with Crippen LogP contribution in [0.3, 0.4) is 0 Å². The number of hydrogen-bond acceptors (Lipinski definition) is 4. The van der Waals surface area contributed by atoms with Gasteiger partial charge in [-0.1, -0.05) is 18.2 Å². The van der Waals surface area contributed by atoms with Gasteiger partial charge in [-0.25, -0.2) is 0 Å². The van der Waals surface area contributed by atoms with E-state index in [1.807, 2.05) is 23.1 Å². The van der Waals surface area contributed by atoms with Gasteiger partial charge in [-0.05, 0) is 30.3 Å². The zero-order valence-electron chi connectivity index (χ0n) is 14.7. The molecule has 1 fully saturated rings. The van der Waals surface area contributed by atoms with Gasteiger partial charge >= 0.3 is 0 Å². The van der Waals surface area contributed by atoms with Crippen molar-refractivity contribution < 1.29 is 14.3 Å². The van der Waals surface area contributed by atoms with Gasteiger partial charge in [-0.15, -0.1) is 0 Å². The third-order valence-corrected chi connectivity index (χ3v) is 4.98. The molecule has 6 nitrogen and oxygen atoms in total. The van der Waals surface area contributed by atoms with Crippen LogP contribution in [0.2, 0.25) is 0 Å². The van der Waals surface area contributed by atoms with Gasteiger partial charge in [-0.3, -0.25) is 9.59 Å². The molecule has 26 heavy (non-hydrogen) atoms. The number of likely N-dealkylation sites (N-methyl/N-ethyl adjacent to an activating group) is 1. The van der Waals surface area contributed by atoms with Gasteiger partial charge in [-0.2, -0.15) is 0 Å². The molecular weight excluding hydrogens is 330 g/mol. The predicted molar refractivity (Wildman–Crippen MR) is 99.9 cm³/mol. The third-order valence-electron chi connectivity index (χ3n) is 4.98. The van der Waals surface area contributed by atoms with Crippen LogP contribution in [0.25, 0.3) is 0 Å². The summed E-state index contributed by atoms with van der Waals surface area (Å²) < 4.78 is 5.43. The maximum atomic E-state index is 12.9. The monoisotopic (exact) mass is 351 g/mol. The number of hydrogen-bond donors (Lipinski definition) is 0. The van der Waals surface area contributed by atoms with Gasteiger partial charge in [0.25, 0.3) is 11.8 Å². The fourth-order valence-corrected chi connectivity index (χ4v) is 3.39. The Labute approximate surface area is 152 Å². The number of para-hydroxylation sites is 1. The summed E-state index contributed by atoms with van der Waals surface area (Å²) in [5, 5.41) is 0. The Bertz CT molecular complexity index is 829. The third kappa shape index (κ3) is 2.98. The molecule has 2 heterocycles. The molecule has 4 rings (SSSR count). The van der Waals surface area contributed by atoms with E-state index in [0.29, 0.717) is 30.1 Å². The zero-order chi connectivity index (χ0) is 18.1. The molecule has 0 spiro atoms. The highest BCUT2D eigenvalue weighted by molar-refractivity contribution is 6.01. The molecule has 0 N–H and O–H groups in total. The molecule has 0 saturated carbocycles. The van der Waals surface area contributed by atoms with Gasteiger partial charge in [0.2, 0.25) is 0 Å². The summed E-state index contributed by atoms with van der Waals surface area (Å²) in [7, 11) is 1.70. The van der Waals surface area contributed by atoms with E-state index in [1.54, 1.807) is 30.1 Å².